The van der Waals surface area contributed by atoms with Crippen molar-refractivity contribution in [3.8, 4) is 0 Å². The second kappa shape index (κ2) is 4.06. The van der Waals surface area contributed by atoms with Crippen LogP contribution in [0, 0.1) is 0 Å². The Labute approximate surface area is 85.5 Å². The van der Waals surface area contributed by atoms with Gasteiger partial charge in [-0.1, -0.05) is 0 Å². The Morgan fingerprint density at radius 2 is 2.64 bits per heavy atom. The van der Waals surface area contributed by atoms with E-state index < -0.39 is 5.97 Å². The molecule has 76 valence electrons. The van der Waals surface area contributed by atoms with Crippen LogP contribution in [0.2, 0.25) is 0 Å². The van der Waals surface area contributed by atoms with Crippen LogP contribution < -0.4 is 0 Å². The normalized spacial score (nSPS) is 21.3. The average Bonchev–Trinajstić information content (AvgIpc) is 2.69. The molecule has 5 heteroatoms. The molecule has 0 bridgehead atoms. The number of carboxylic acid groups (broad SMARTS) is 1. The number of carboxylic acids is 1. The molecule has 1 aliphatic heterocycles. The van der Waals surface area contributed by atoms with Gasteiger partial charge in [0.1, 0.15) is 11.1 Å². The van der Waals surface area contributed by atoms with E-state index in [2.05, 4.69) is 4.98 Å². The molecule has 1 aromatic heterocycles. The summed E-state index contributed by atoms with van der Waals surface area (Å²) in [6.45, 7) is 0.790. The van der Waals surface area contributed by atoms with E-state index in [-0.39, 0.29) is 12.5 Å². The predicted molar refractivity (Wildman–Crippen MR) is 51.4 cm³/mol. The highest BCUT2D eigenvalue weighted by atomic mass is 32.1. The molecule has 0 saturated carbocycles. The van der Waals surface area contributed by atoms with Crippen LogP contribution in [0.5, 0.6) is 0 Å². The zero-order valence-corrected chi connectivity index (χ0v) is 8.42. The van der Waals surface area contributed by atoms with Crippen LogP contribution in [0.15, 0.2) is 6.20 Å². The summed E-state index contributed by atoms with van der Waals surface area (Å²) in [5.74, 6) is -0.812. The van der Waals surface area contributed by atoms with Crippen LogP contribution in [0.1, 0.15) is 28.8 Å². The molecule has 14 heavy (non-hydrogen) atoms. The van der Waals surface area contributed by atoms with E-state index in [0.717, 1.165) is 29.3 Å². The number of aromatic nitrogens is 1. The molecule has 2 rings (SSSR count). The number of hydrogen-bond donors (Lipinski definition) is 1. The van der Waals surface area contributed by atoms with Crippen molar-refractivity contribution in [1.82, 2.24) is 4.98 Å². The standard InChI is InChI=1S/C9H11NO3S/c11-8(12)4-6-5-10-9(14-6)7-2-1-3-13-7/h5,7H,1-4H2,(H,11,12). The average molecular weight is 213 g/mol. The van der Waals surface area contributed by atoms with Gasteiger partial charge >= 0.3 is 5.97 Å². The lowest BCUT2D eigenvalue weighted by atomic mass is 10.2. The number of hydrogen-bond acceptors (Lipinski definition) is 4. The lowest BCUT2D eigenvalue weighted by Crippen LogP contribution is -1.97. The topological polar surface area (TPSA) is 59.4 Å². The molecule has 1 saturated heterocycles. The van der Waals surface area contributed by atoms with E-state index in [1.807, 2.05) is 0 Å². The maximum atomic E-state index is 10.4. The molecule has 1 N–H and O–H groups in total. The molecular formula is C9H11NO3S. The lowest BCUT2D eigenvalue weighted by molar-refractivity contribution is -0.136. The zero-order valence-electron chi connectivity index (χ0n) is 7.60. The van der Waals surface area contributed by atoms with Crippen molar-refractivity contribution in [3.63, 3.8) is 0 Å². The van der Waals surface area contributed by atoms with Gasteiger partial charge in [-0.3, -0.25) is 4.79 Å². The summed E-state index contributed by atoms with van der Waals surface area (Å²) in [5, 5.41) is 9.50. The fourth-order valence-corrected chi connectivity index (χ4v) is 2.47. The van der Waals surface area contributed by atoms with Crippen molar-refractivity contribution in [2.45, 2.75) is 25.4 Å². The first-order valence-corrected chi connectivity index (χ1v) is 5.35. The molecule has 1 aliphatic rings. The summed E-state index contributed by atoms with van der Waals surface area (Å²) in [6.07, 6.45) is 3.86. The van der Waals surface area contributed by atoms with Crippen LogP contribution >= 0.6 is 11.3 Å². The summed E-state index contributed by atoms with van der Waals surface area (Å²) in [5.41, 5.74) is 0. The number of carbonyl (C=O) groups is 1. The second-order valence-electron chi connectivity index (χ2n) is 3.24. The number of thiazole rings is 1. The molecule has 1 atom stereocenters. The monoisotopic (exact) mass is 213 g/mol. The van der Waals surface area contributed by atoms with Gasteiger partial charge in [0.2, 0.25) is 0 Å². The molecular weight excluding hydrogens is 202 g/mol. The van der Waals surface area contributed by atoms with Crippen molar-refractivity contribution >= 4 is 17.3 Å². The maximum absolute atomic E-state index is 10.4. The van der Waals surface area contributed by atoms with E-state index in [9.17, 15) is 4.79 Å². The highest BCUT2D eigenvalue weighted by molar-refractivity contribution is 7.11. The van der Waals surface area contributed by atoms with Crippen LogP contribution in [0.25, 0.3) is 0 Å². The first kappa shape index (κ1) is 9.61. The van der Waals surface area contributed by atoms with Crippen molar-refractivity contribution in [2.24, 2.45) is 0 Å². The van der Waals surface area contributed by atoms with Crippen molar-refractivity contribution < 1.29 is 14.6 Å². The summed E-state index contributed by atoms with van der Waals surface area (Å²) in [6, 6.07) is 0. The van der Waals surface area contributed by atoms with Crippen LogP contribution in [0.3, 0.4) is 0 Å². The molecule has 0 amide bonds. The smallest absolute Gasteiger partial charge is 0.308 e. The van der Waals surface area contributed by atoms with Crippen molar-refractivity contribution in [3.05, 3.63) is 16.1 Å². The summed E-state index contributed by atoms with van der Waals surface area (Å²) < 4.78 is 5.46. The Kier molecular flexibility index (Phi) is 2.79. The molecule has 0 spiro atoms. The fraction of sp³-hybridized carbons (Fsp3) is 0.556. The van der Waals surface area contributed by atoms with Gasteiger partial charge in [-0.15, -0.1) is 11.3 Å². The van der Waals surface area contributed by atoms with Crippen molar-refractivity contribution in [2.75, 3.05) is 6.61 Å². The third-order valence-electron chi connectivity index (χ3n) is 2.10. The minimum absolute atomic E-state index is 0.0599. The second-order valence-corrected chi connectivity index (χ2v) is 4.38. The third-order valence-corrected chi connectivity index (χ3v) is 3.19. The van der Waals surface area contributed by atoms with Crippen LogP contribution in [-0.4, -0.2) is 22.7 Å². The van der Waals surface area contributed by atoms with Crippen molar-refractivity contribution in [1.29, 1.82) is 0 Å². The molecule has 0 aromatic carbocycles. The van der Waals surface area contributed by atoms with E-state index in [4.69, 9.17) is 9.84 Å². The number of ether oxygens (including phenoxy) is 1. The molecule has 1 fully saturated rings. The van der Waals surface area contributed by atoms with E-state index in [0.29, 0.717) is 0 Å². The minimum Gasteiger partial charge on any atom is -0.481 e. The van der Waals surface area contributed by atoms with Gasteiger partial charge < -0.3 is 9.84 Å². The van der Waals surface area contributed by atoms with Gasteiger partial charge in [-0.05, 0) is 12.8 Å². The van der Waals surface area contributed by atoms with Crippen LogP contribution in [-0.2, 0) is 16.0 Å². The fourth-order valence-electron chi connectivity index (χ4n) is 1.47. The highest BCUT2D eigenvalue weighted by Crippen LogP contribution is 2.31. The molecule has 1 unspecified atom stereocenters. The van der Waals surface area contributed by atoms with Gasteiger partial charge in [0.05, 0.1) is 6.42 Å². The van der Waals surface area contributed by atoms with E-state index in [1.165, 1.54) is 11.3 Å². The van der Waals surface area contributed by atoms with Gasteiger partial charge in [0, 0.05) is 17.7 Å². The predicted octanol–water partition coefficient (Wildman–Crippen LogP) is 1.62. The Morgan fingerprint density at radius 3 is 3.29 bits per heavy atom. The minimum atomic E-state index is -0.812. The van der Waals surface area contributed by atoms with Gasteiger partial charge in [0.15, 0.2) is 0 Å². The third kappa shape index (κ3) is 2.10. The summed E-state index contributed by atoms with van der Waals surface area (Å²) >= 11 is 1.44. The number of aliphatic carboxylic acids is 1. The number of nitrogens with zero attached hydrogens (tertiary/aromatic N) is 1. The van der Waals surface area contributed by atoms with Gasteiger partial charge in [0.25, 0.3) is 0 Å². The number of rotatable bonds is 3. The Bertz CT molecular complexity index is 331. The van der Waals surface area contributed by atoms with Crippen LogP contribution in [0.4, 0.5) is 0 Å². The first-order chi connectivity index (χ1) is 6.75. The Morgan fingerprint density at radius 1 is 1.79 bits per heavy atom. The van der Waals surface area contributed by atoms with Gasteiger partial charge in [-0.2, -0.15) is 0 Å². The highest BCUT2D eigenvalue weighted by Gasteiger charge is 2.21. The molecule has 1 aromatic rings. The molecule has 0 radical (unpaired) electrons. The molecule has 0 aliphatic carbocycles. The SMILES string of the molecule is O=C(O)Cc1cnc(C2CCCO2)s1. The van der Waals surface area contributed by atoms with Gasteiger partial charge in [-0.25, -0.2) is 4.98 Å². The first-order valence-electron chi connectivity index (χ1n) is 4.53. The molecule has 2 heterocycles. The van der Waals surface area contributed by atoms with E-state index in [1.54, 1.807) is 6.20 Å². The summed E-state index contributed by atoms with van der Waals surface area (Å²) in [4.78, 5) is 15.4. The lowest BCUT2D eigenvalue weighted by Gasteiger charge is -2.02. The largest absolute Gasteiger partial charge is 0.481 e. The quantitative estimate of drug-likeness (QED) is 0.828. The molecule has 4 nitrogen and oxygen atoms in total. The maximum Gasteiger partial charge on any atom is 0.308 e. The Hall–Kier alpha value is -0.940. The van der Waals surface area contributed by atoms with E-state index >= 15 is 0 Å². The summed E-state index contributed by atoms with van der Waals surface area (Å²) in [7, 11) is 0. The Balaban J connectivity index is 2.05. The zero-order chi connectivity index (χ0) is 9.97.